The van der Waals surface area contributed by atoms with Crippen molar-refractivity contribution in [2.75, 3.05) is 12.8 Å². The molecule has 28 heavy (non-hydrogen) atoms. The molecule has 10 heteroatoms. The van der Waals surface area contributed by atoms with Crippen LogP contribution in [0, 0.1) is 22.2 Å². The highest BCUT2D eigenvalue weighted by molar-refractivity contribution is 7.89. The fourth-order valence-corrected chi connectivity index (χ4v) is 4.12. The van der Waals surface area contributed by atoms with Gasteiger partial charge in [0.2, 0.25) is 0 Å². The quantitative estimate of drug-likeness (QED) is 0.650. The van der Waals surface area contributed by atoms with Crippen molar-refractivity contribution in [2.45, 2.75) is 24.4 Å². The first-order valence-corrected chi connectivity index (χ1v) is 10.3. The minimum absolute atomic E-state index is 0.0148. The van der Waals surface area contributed by atoms with Crippen LogP contribution in [0.3, 0.4) is 0 Å². The molecule has 0 saturated carbocycles. The molecule has 1 saturated heterocycles. The largest absolute Gasteiger partial charge is 0.306 e. The predicted octanol–water partition coefficient (Wildman–Crippen LogP) is 3.47. The summed E-state index contributed by atoms with van der Waals surface area (Å²) in [5, 5.41) is 2.56. The number of nitrogens with one attached hydrogen (secondary N) is 3. The van der Waals surface area contributed by atoms with Crippen molar-refractivity contribution in [3.63, 3.8) is 0 Å². The molecule has 0 aromatic heterocycles. The van der Waals surface area contributed by atoms with Crippen molar-refractivity contribution < 1.29 is 26.2 Å². The van der Waals surface area contributed by atoms with E-state index in [-0.39, 0.29) is 23.1 Å². The molecule has 0 radical (unpaired) electrons. The smallest absolute Gasteiger partial charge is 0.277 e. The third-order valence-corrected chi connectivity index (χ3v) is 5.20. The maximum Gasteiger partial charge on any atom is 0.277 e. The zero-order valence-corrected chi connectivity index (χ0v) is 15.6. The Hall–Kier alpha value is -2.04. The summed E-state index contributed by atoms with van der Waals surface area (Å²) < 4.78 is 91.3. The molecule has 152 valence electrons. The Balaban J connectivity index is 1.92. The van der Waals surface area contributed by atoms with E-state index in [0.29, 0.717) is 6.07 Å². The molecule has 1 unspecified atom stereocenters. The lowest BCUT2D eigenvalue weighted by Crippen LogP contribution is -2.51. The molecule has 2 aromatic carbocycles. The average Bonchev–Trinajstić information content (AvgIpc) is 2.82. The van der Waals surface area contributed by atoms with E-state index in [1.165, 1.54) is 18.2 Å². The normalized spacial score (nSPS) is 23.5. The third-order valence-electron chi connectivity index (χ3n) is 4.50. The number of rotatable bonds is 5. The molecule has 1 aliphatic rings. The molecule has 2 aromatic rings. The molecule has 1 fully saturated rings. The Morgan fingerprint density at radius 1 is 1.21 bits per heavy atom. The SMILES string of the molecule is CS(=N)(=O)N[C@@H]1[C@H](Cc2cccc(-c3cc(F)cc(F)c3)c2F)NCC1(F)F. The Labute approximate surface area is 159 Å². The van der Waals surface area contributed by atoms with Gasteiger partial charge in [-0.15, -0.1) is 0 Å². The van der Waals surface area contributed by atoms with Crippen LogP contribution < -0.4 is 10.0 Å². The highest BCUT2D eigenvalue weighted by Gasteiger charge is 2.50. The lowest BCUT2D eigenvalue weighted by molar-refractivity contribution is -0.000592. The topological polar surface area (TPSA) is 65.0 Å². The van der Waals surface area contributed by atoms with Crippen LogP contribution in [0.1, 0.15) is 5.56 Å². The van der Waals surface area contributed by atoms with Crippen LogP contribution in [-0.2, 0) is 16.3 Å². The van der Waals surface area contributed by atoms with Gasteiger partial charge in [-0.2, -0.15) is 0 Å². The van der Waals surface area contributed by atoms with Crippen molar-refractivity contribution >= 4 is 9.92 Å². The van der Waals surface area contributed by atoms with Gasteiger partial charge in [-0.1, -0.05) is 18.2 Å². The minimum Gasteiger partial charge on any atom is -0.306 e. The standard InChI is InChI=1S/C18H18F5N3OS/c1-28(24,27)26-17-15(25-9-18(17,22)23)7-10-3-2-4-14(16(10)21)11-5-12(19)8-13(20)6-11/h2-6,8,15,17,25H,7,9H2,1H3,(H2,24,26,27)/t15-,17+,28?/m0/s1. The molecule has 0 aliphatic carbocycles. The molecule has 0 bridgehead atoms. The van der Waals surface area contributed by atoms with Crippen LogP contribution in [0.4, 0.5) is 22.0 Å². The Morgan fingerprint density at radius 2 is 1.86 bits per heavy atom. The Bertz CT molecular complexity index is 976. The molecule has 1 heterocycles. The van der Waals surface area contributed by atoms with Crippen LogP contribution >= 0.6 is 0 Å². The number of halogens is 5. The van der Waals surface area contributed by atoms with Crippen LogP contribution in [0.25, 0.3) is 11.1 Å². The molecule has 3 atom stereocenters. The van der Waals surface area contributed by atoms with Crippen molar-refractivity contribution in [1.29, 1.82) is 4.78 Å². The van der Waals surface area contributed by atoms with Crippen molar-refractivity contribution in [2.24, 2.45) is 0 Å². The molecule has 3 N–H and O–H groups in total. The maximum atomic E-state index is 15.0. The second kappa shape index (κ2) is 7.41. The van der Waals surface area contributed by atoms with Gasteiger partial charge < -0.3 is 5.32 Å². The summed E-state index contributed by atoms with van der Waals surface area (Å²) in [5.74, 6) is -5.79. The predicted molar refractivity (Wildman–Crippen MR) is 95.9 cm³/mol. The summed E-state index contributed by atoms with van der Waals surface area (Å²) in [7, 11) is -3.42. The van der Waals surface area contributed by atoms with Gasteiger partial charge in [0.25, 0.3) is 5.92 Å². The first-order chi connectivity index (χ1) is 13.0. The van der Waals surface area contributed by atoms with Crippen molar-refractivity contribution in [1.82, 2.24) is 10.0 Å². The number of hydrogen-bond acceptors (Lipinski definition) is 3. The second-order valence-corrected chi connectivity index (χ2v) is 8.75. The van der Waals surface area contributed by atoms with Gasteiger partial charge in [0.15, 0.2) is 0 Å². The molecule has 4 nitrogen and oxygen atoms in total. The number of alkyl halides is 2. The van der Waals surface area contributed by atoms with Gasteiger partial charge in [-0.05, 0) is 29.7 Å². The maximum absolute atomic E-state index is 15.0. The van der Waals surface area contributed by atoms with E-state index < -0.39 is 51.9 Å². The second-order valence-electron chi connectivity index (χ2n) is 6.83. The van der Waals surface area contributed by atoms with Crippen LogP contribution in [-0.4, -0.2) is 35.0 Å². The molecule has 1 aliphatic heterocycles. The van der Waals surface area contributed by atoms with Crippen molar-refractivity contribution in [3.8, 4) is 11.1 Å². The lowest BCUT2D eigenvalue weighted by Gasteiger charge is -2.25. The summed E-state index contributed by atoms with van der Waals surface area (Å²) in [6.45, 7) is -0.707. The Morgan fingerprint density at radius 3 is 2.46 bits per heavy atom. The van der Waals surface area contributed by atoms with E-state index in [1.54, 1.807) is 0 Å². The fourth-order valence-electron chi connectivity index (χ4n) is 3.30. The summed E-state index contributed by atoms with van der Waals surface area (Å²) in [5.41, 5.74) is -0.0272. The molecule has 3 rings (SSSR count). The number of hydrogen-bond donors (Lipinski definition) is 3. The average molecular weight is 419 g/mol. The lowest BCUT2D eigenvalue weighted by atomic mass is 9.95. The van der Waals surface area contributed by atoms with Gasteiger partial charge in [-0.25, -0.2) is 35.7 Å². The molecular weight excluding hydrogens is 401 g/mol. The van der Waals surface area contributed by atoms with E-state index in [2.05, 4.69) is 10.0 Å². The van der Waals surface area contributed by atoms with Crippen LogP contribution in [0.15, 0.2) is 36.4 Å². The van der Waals surface area contributed by atoms with Gasteiger partial charge >= 0.3 is 0 Å². The summed E-state index contributed by atoms with van der Waals surface area (Å²) in [4.78, 5) is 0. The summed E-state index contributed by atoms with van der Waals surface area (Å²) in [6.07, 6.45) is 0.790. The highest BCUT2D eigenvalue weighted by Crippen LogP contribution is 2.31. The van der Waals surface area contributed by atoms with Gasteiger partial charge in [0.05, 0.1) is 6.54 Å². The highest BCUT2D eigenvalue weighted by atomic mass is 32.2. The fraction of sp³-hybridized carbons (Fsp3) is 0.333. The first-order valence-electron chi connectivity index (χ1n) is 8.32. The summed E-state index contributed by atoms with van der Waals surface area (Å²) in [6, 6.07) is 4.17. The van der Waals surface area contributed by atoms with Gasteiger partial charge in [0.1, 0.15) is 33.4 Å². The van der Waals surface area contributed by atoms with E-state index >= 15 is 0 Å². The molecule has 0 amide bonds. The monoisotopic (exact) mass is 419 g/mol. The van der Waals surface area contributed by atoms with E-state index in [9.17, 15) is 26.2 Å². The number of benzene rings is 2. The van der Waals surface area contributed by atoms with Crippen LogP contribution in [0.2, 0.25) is 0 Å². The van der Waals surface area contributed by atoms with Crippen molar-refractivity contribution in [3.05, 3.63) is 59.4 Å². The Kier molecular flexibility index (Phi) is 5.48. The molecular formula is C18H18F5N3OS. The van der Waals surface area contributed by atoms with Gasteiger partial charge in [0, 0.05) is 23.9 Å². The van der Waals surface area contributed by atoms with E-state index in [0.717, 1.165) is 18.4 Å². The van der Waals surface area contributed by atoms with E-state index in [1.807, 2.05) is 0 Å². The van der Waals surface area contributed by atoms with E-state index in [4.69, 9.17) is 4.78 Å². The van der Waals surface area contributed by atoms with Crippen LogP contribution in [0.5, 0.6) is 0 Å². The third kappa shape index (κ3) is 4.50. The first kappa shape index (κ1) is 20.7. The molecule has 0 spiro atoms. The zero-order valence-electron chi connectivity index (χ0n) is 14.7. The summed E-state index contributed by atoms with van der Waals surface area (Å²) >= 11 is 0. The van der Waals surface area contributed by atoms with Gasteiger partial charge in [-0.3, -0.25) is 0 Å². The minimum atomic E-state index is -3.42. The zero-order chi connectivity index (χ0) is 20.7.